The van der Waals surface area contributed by atoms with Crippen molar-refractivity contribution in [1.82, 2.24) is 0 Å². The number of hydrogen-bond acceptors (Lipinski definition) is 5. The van der Waals surface area contributed by atoms with Gasteiger partial charge in [0.05, 0.1) is 33.2 Å². The van der Waals surface area contributed by atoms with E-state index in [1.165, 1.54) is 6.92 Å². The molecule has 0 amide bonds. The molecule has 0 aliphatic heterocycles. The van der Waals surface area contributed by atoms with Crippen LogP contribution in [0.4, 0.5) is 0 Å². The first kappa shape index (κ1) is 17.3. The first-order valence-electron chi connectivity index (χ1n) is 4.89. The molecule has 0 heterocycles. The Kier molecular flexibility index (Phi) is 8.70. The Morgan fingerprint density at radius 2 is 1.75 bits per heavy atom. The predicted octanol–water partition coefficient (Wildman–Crippen LogP) is -1.63. The minimum Gasteiger partial charge on any atom is -0.547 e. The zero-order chi connectivity index (χ0) is 13.4. The largest absolute Gasteiger partial charge is 0.547 e. The van der Waals surface area contributed by atoms with Crippen LogP contribution in [0.2, 0.25) is 0 Å². The van der Waals surface area contributed by atoms with Crippen LogP contribution in [0.15, 0.2) is 0 Å². The van der Waals surface area contributed by atoms with E-state index in [0.29, 0.717) is 6.61 Å². The molecule has 0 aromatic rings. The number of quaternary nitrogens is 1. The molecule has 0 saturated heterocycles. The molecule has 0 fully saturated rings. The van der Waals surface area contributed by atoms with Crippen molar-refractivity contribution in [2.75, 3.05) is 34.3 Å². The van der Waals surface area contributed by atoms with Gasteiger partial charge in [0, 0.05) is 6.92 Å². The molecule has 0 spiro atoms. The number of hydrogen-bond donors (Lipinski definition) is 1. The summed E-state index contributed by atoms with van der Waals surface area (Å²) >= 11 is 0. The lowest BCUT2D eigenvalue weighted by Gasteiger charge is -2.23. The third-order valence-electron chi connectivity index (χ3n) is 1.41. The van der Waals surface area contributed by atoms with Gasteiger partial charge in [-0.2, -0.15) is 0 Å². The molecule has 16 heavy (non-hydrogen) atoms. The molecule has 0 bridgehead atoms. The zero-order valence-electron chi connectivity index (χ0n) is 10.5. The Balaban J connectivity index is 0. The number of esters is 1. The van der Waals surface area contributed by atoms with Crippen LogP contribution >= 0.6 is 0 Å². The number of carboxylic acid groups (broad SMARTS) is 1. The fraction of sp³-hybridized carbons (Fsp3) is 0.800. The Morgan fingerprint density at radius 1 is 1.38 bits per heavy atom. The van der Waals surface area contributed by atoms with Crippen LogP contribution in [0, 0.1) is 0 Å². The van der Waals surface area contributed by atoms with Crippen molar-refractivity contribution in [3.05, 3.63) is 0 Å². The van der Waals surface area contributed by atoms with Gasteiger partial charge >= 0.3 is 5.97 Å². The van der Waals surface area contributed by atoms with Crippen LogP contribution < -0.4 is 5.11 Å². The molecule has 1 atom stereocenters. The summed E-state index contributed by atoms with van der Waals surface area (Å²) in [6, 6.07) is 0. The molecular formula is C10H21NO5. The van der Waals surface area contributed by atoms with E-state index in [0.717, 1.165) is 18.0 Å². The smallest absolute Gasteiger partial charge is 0.302 e. The van der Waals surface area contributed by atoms with Gasteiger partial charge in [-0.25, -0.2) is 0 Å². The van der Waals surface area contributed by atoms with Gasteiger partial charge in [0.1, 0.15) is 13.2 Å². The summed E-state index contributed by atoms with van der Waals surface area (Å²) < 4.78 is 5.59. The molecule has 0 radical (unpaired) electrons. The number of aliphatic carboxylic acids is 1. The van der Waals surface area contributed by atoms with Crippen molar-refractivity contribution in [2.24, 2.45) is 0 Å². The quantitative estimate of drug-likeness (QED) is 0.467. The number of aliphatic hydroxyl groups excluding tert-OH is 1. The molecule has 0 aromatic heterocycles. The SMILES string of the molecule is CC(=O)OCC[N+](C)(C)C.CC(O)C(=O)[O-]. The van der Waals surface area contributed by atoms with E-state index in [9.17, 15) is 14.7 Å². The maximum absolute atomic E-state index is 10.3. The highest BCUT2D eigenvalue weighted by Crippen LogP contribution is 1.89. The number of likely N-dealkylation sites (N-methyl/N-ethyl adjacent to an activating group) is 1. The Bertz CT molecular complexity index is 220. The van der Waals surface area contributed by atoms with Gasteiger partial charge in [-0.1, -0.05) is 0 Å². The van der Waals surface area contributed by atoms with E-state index in [-0.39, 0.29) is 5.97 Å². The fourth-order valence-electron chi connectivity index (χ4n) is 0.463. The second kappa shape index (κ2) is 8.06. The van der Waals surface area contributed by atoms with Gasteiger partial charge in [-0.05, 0) is 6.92 Å². The molecule has 0 rings (SSSR count). The average Bonchev–Trinajstić information content (AvgIpc) is 2.01. The molecule has 0 aliphatic rings. The van der Waals surface area contributed by atoms with E-state index in [4.69, 9.17) is 9.84 Å². The summed E-state index contributed by atoms with van der Waals surface area (Å²) in [5.74, 6) is -1.64. The summed E-state index contributed by atoms with van der Waals surface area (Å²) in [6.07, 6.45) is -1.34. The number of carbonyl (C=O) groups excluding carboxylic acids is 2. The number of rotatable bonds is 4. The monoisotopic (exact) mass is 235 g/mol. The zero-order valence-corrected chi connectivity index (χ0v) is 10.5. The lowest BCUT2D eigenvalue weighted by Crippen LogP contribution is -2.37. The second-order valence-corrected chi connectivity index (χ2v) is 4.35. The van der Waals surface area contributed by atoms with E-state index < -0.39 is 12.1 Å². The molecule has 0 saturated carbocycles. The molecule has 1 unspecified atom stereocenters. The highest BCUT2D eigenvalue weighted by atomic mass is 16.5. The van der Waals surface area contributed by atoms with Gasteiger partial charge < -0.3 is 24.2 Å². The van der Waals surface area contributed by atoms with Crippen molar-refractivity contribution >= 4 is 11.9 Å². The Hall–Kier alpha value is -1.14. The molecule has 0 aliphatic carbocycles. The molecule has 0 aromatic carbocycles. The fourth-order valence-corrected chi connectivity index (χ4v) is 0.463. The first-order valence-corrected chi connectivity index (χ1v) is 4.89. The highest BCUT2D eigenvalue weighted by molar-refractivity contribution is 5.68. The standard InChI is InChI=1S/C7H16NO2.C3H6O3/c1-7(9)10-6-5-8(2,3)4;1-2(4)3(5)6/h5-6H2,1-4H3;2,4H,1H3,(H,5,6)/q+1;/p-1. The molecule has 6 nitrogen and oxygen atoms in total. The van der Waals surface area contributed by atoms with E-state index in [2.05, 4.69) is 21.1 Å². The van der Waals surface area contributed by atoms with Gasteiger partial charge in [0.25, 0.3) is 0 Å². The number of aliphatic hydroxyl groups is 1. The summed E-state index contributed by atoms with van der Waals surface area (Å²) in [5.41, 5.74) is 0. The molecule has 1 N–H and O–H groups in total. The maximum Gasteiger partial charge on any atom is 0.302 e. The van der Waals surface area contributed by atoms with Crippen molar-refractivity contribution in [2.45, 2.75) is 20.0 Å². The predicted molar refractivity (Wildman–Crippen MR) is 56.2 cm³/mol. The Morgan fingerprint density at radius 3 is 1.94 bits per heavy atom. The number of ether oxygens (including phenoxy) is 1. The van der Waals surface area contributed by atoms with Gasteiger partial charge in [0.15, 0.2) is 0 Å². The van der Waals surface area contributed by atoms with Crippen molar-refractivity contribution in [3.8, 4) is 0 Å². The van der Waals surface area contributed by atoms with Crippen molar-refractivity contribution in [1.29, 1.82) is 0 Å². The van der Waals surface area contributed by atoms with Gasteiger partial charge in [0.2, 0.25) is 0 Å². The molecule has 6 heteroatoms. The second-order valence-electron chi connectivity index (χ2n) is 4.35. The van der Waals surface area contributed by atoms with Crippen LogP contribution in [-0.4, -0.2) is 61.9 Å². The highest BCUT2D eigenvalue weighted by Gasteiger charge is 2.06. The van der Waals surface area contributed by atoms with E-state index >= 15 is 0 Å². The van der Waals surface area contributed by atoms with Crippen molar-refractivity contribution in [3.63, 3.8) is 0 Å². The normalized spacial score (nSPS) is 12.1. The van der Waals surface area contributed by atoms with Crippen LogP contribution in [0.3, 0.4) is 0 Å². The Labute approximate surface area is 96.0 Å². The minimum atomic E-state index is -1.44. The third-order valence-corrected chi connectivity index (χ3v) is 1.41. The van der Waals surface area contributed by atoms with Crippen LogP contribution in [0.1, 0.15) is 13.8 Å². The first-order chi connectivity index (χ1) is 7.06. The average molecular weight is 235 g/mol. The summed E-state index contributed by atoms with van der Waals surface area (Å²) in [5, 5.41) is 17.3. The van der Waals surface area contributed by atoms with Crippen LogP contribution in [-0.2, 0) is 14.3 Å². The van der Waals surface area contributed by atoms with E-state index in [1.54, 1.807) is 0 Å². The van der Waals surface area contributed by atoms with Crippen LogP contribution in [0.25, 0.3) is 0 Å². The van der Waals surface area contributed by atoms with Gasteiger partial charge in [-0.15, -0.1) is 0 Å². The summed E-state index contributed by atoms with van der Waals surface area (Å²) in [4.78, 5) is 19.6. The third kappa shape index (κ3) is 18.6. The summed E-state index contributed by atoms with van der Waals surface area (Å²) in [6.45, 7) is 3.93. The topological polar surface area (TPSA) is 86.7 Å². The van der Waals surface area contributed by atoms with E-state index in [1.807, 2.05) is 0 Å². The molecule has 96 valence electrons. The molecular weight excluding hydrogens is 214 g/mol. The maximum atomic E-state index is 10.3. The number of carboxylic acids is 1. The minimum absolute atomic E-state index is 0.201. The van der Waals surface area contributed by atoms with Crippen molar-refractivity contribution < 1.29 is 29.0 Å². The number of nitrogens with zero attached hydrogens (tertiary/aromatic N) is 1. The lowest BCUT2D eigenvalue weighted by molar-refractivity contribution is -0.870. The summed E-state index contributed by atoms with van der Waals surface area (Å²) in [7, 11) is 6.18. The number of carbonyl (C=O) groups is 2. The van der Waals surface area contributed by atoms with Gasteiger partial charge in [-0.3, -0.25) is 4.79 Å². The lowest BCUT2D eigenvalue weighted by atomic mass is 10.4. The van der Waals surface area contributed by atoms with Crippen LogP contribution in [0.5, 0.6) is 0 Å².